The Balaban J connectivity index is 1.83. The molecule has 6 nitrogen and oxygen atoms in total. The molecule has 3 rings (SSSR count). The van der Waals surface area contributed by atoms with Gasteiger partial charge < -0.3 is 5.32 Å². The van der Waals surface area contributed by atoms with Crippen molar-refractivity contribution in [2.75, 3.05) is 5.32 Å². The molecule has 6 heteroatoms. The van der Waals surface area contributed by atoms with Crippen LogP contribution < -0.4 is 5.32 Å². The highest BCUT2D eigenvalue weighted by molar-refractivity contribution is 6.03. The summed E-state index contributed by atoms with van der Waals surface area (Å²) in [6.45, 7) is 1.82. The number of aryl methyl sites for hydroxylation is 1. The van der Waals surface area contributed by atoms with E-state index in [9.17, 15) is 4.79 Å². The predicted molar refractivity (Wildman–Crippen MR) is 70.8 cm³/mol. The molecule has 0 radical (unpaired) electrons. The van der Waals surface area contributed by atoms with Crippen LogP contribution in [0.25, 0.3) is 10.9 Å². The maximum Gasteiger partial charge on any atom is 0.275 e. The molecule has 94 valence electrons. The van der Waals surface area contributed by atoms with Crippen molar-refractivity contribution in [2.24, 2.45) is 0 Å². The van der Waals surface area contributed by atoms with Crippen LogP contribution >= 0.6 is 0 Å². The zero-order valence-corrected chi connectivity index (χ0v) is 10.2. The van der Waals surface area contributed by atoms with Crippen molar-refractivity contribution >= 4 is 22.5 Å². The lowest BCUT2D eigenvalue weighted by atomic mass is 10.2. The second-order valence-electron chi connectivity index (χ2n) is 4.17. The maximum absolute atomic E-state index is 12.0. The summed E-state index contributed by atoms with van der Waals surface area (Å²) in [4.78, 5) is 20.0. The largest absolute Gasteiger partial charge is 0.321 e. The van der Waals surface area contributed by atoms with Gasteiger partial charge in [0.15, 0.2) is 0 Å². The average molecular weight is 253 g/mol. The molecule has 0 aliphatic rings. The number of aromatic amines is 1. The van der Waals surface area contributed by atoms with E-state index in [1.165, 1.54) is 6.20 Å². The first kappa shape index (κ1) is 11.3. The first-order chi connectivity index (χ1) is 9.22. The summed E-state index contributed by atoms with van der Waals surface area (Å²) in [6, 6.07) is 5.51. The van der Waals surface area contributed by atoms with E-state index in [-0.39, 0.29) is 11.6 Å². The van der Waals surface area contributed by atoms with Gasteiger partial charge in [-0.05, 0) is 25.1 Å². The average Bonchev–Trinajstić information content (AvgIpc) is 2.87. The molecule has 3 aromatic rings. The molecule has 0 atom stereocenters. The van der Waals surface area contributed by atoms with Gasteiger partial charge in [-0.25, -0.2) is 4.98 Å². The number of carbonyl (C=O) groups excluding carboxylic acids is 1. The normalized spacial score (nSPS) is 10.6. The van der Waals surface area contributed by atoms with Gasteiger partial charge in [-0.1, -0.05) is 0 Å². The Hall–Kier alpha value is -2.76. The van der Waals surface area contributed by atoms with Gasteiger partial charge in [-0.3, -0.25) is 14.9 Å². The topological polar surface area (TPSA) is 83.6 Å². The molecule has 1 amide bonds. The monoisotopic (exact) mass is 253 g/mol. The number of benzene rings is 1. The van der Waals surface area contributed by atoms with Gasteiger partial charge in [-0.15, -0.1) is 0 Å². The van der Waals surface area contributed by atoms with E-state index in [0.717, 1.165) is 16.6 Å². The minimum absolute atomic E-state index is 0.282. The summed E-state index contributed by atoms with van der Waals surface area (Å²) < 4.78 is 0. The van der Waals surface area contributed by atoms with Gasteiger partial charge >= 0.3 is 0 Å². The van der Waals surface area contributed by atoms with Crippen molar-refractivity contribution in [2.45, 2.75) is 6.92 Å². The van der Waals surface area contributed by atoms with Crippen molar-refractivity contribution < 1.29 is 4.79 Å². The maximum atomic E-state index is 12.0. The van der Waals surface area contributed by atoms with Gasteiger partial charge in [0, 0.05) is 17.3 Å². The van der Waals surface area contributed by atoms with Gasteiger partial charge in [0.1, 0.15) is 5.69 Å². The van der Waals surface area contributed by atoms with Crippen LogP contribution in [0.4, 0.5) is 5.69 Å². The number of aromatic nitrogens is 4. The van der Waals surface area contributed by atoms with Crippen LogP contribution in [0, 0.1) is 6.92 Å². The zero-order chi connectivity index (χ0) is 13.2. The lowest BCUT2D eigenvalue weighted by Crippen LogP contribution is -2.14. The van der Waals surface area contributed by atoms with Crippen molar-refractivity contribution in [3.8, 4) is 0 Å². The molecule has 0 aliphatic heterocycles. The van der Waals surface area contributed by atoms with Crippen molar-refractivity contribution in [1.82, 2.24) is 20.2 Å². The van der Waals surface area contributed by atoms with Crippen LogP contribution in [-0.2, 0) is 0 Å². The SMILES string of the molecule is Cc1cnc(C(=O)Nc2ccc3[nH]ncc3c2)cn1. The molecule has 2 N–H and O–H groups in total. The predicted octanol–water partition coefficient (Wildman–Crippen LogP) is 1.91. The first-order valence-electron chi connectivity index (χ1n) is 5.75. The van der Waals surface area contributed by atoms with E-state index < -0.39 is 0 Å². The van der Waals surface area contributed by atoms with Crippen molar-refractivity contribution in [3.05, 3.63) is 48.2 Å². The van der Waals surface area contributed by atoms with E-state index >= 15 is 0 Å². The number of hydrogen-bond acceptors (Lipinski definition) is 4. The molecular weight excluding hydrogens is 242 g/mol. The Morgan fingerprint density at radius 2 is 2.11 bits per heavy atom. The third-order valence-electron chi connectivity index (χ3n) is 2.71. The van der Waals surface area contributed by atoms with Crippen LogP contribution in [0.5, 0.6) is 0 Å². The highest BCUT2D eigenvalue weighted by Gasteiger charge is 2.08. The summed E-state index contributed by atoms with van der Waals surface area (Å²) in [5, 5.41) is 10.5. The summed E-state index contributed by atoms with van der Waals surface area (Å²) in [6.07, 6.45) is 4.73. The highest BCUT2D eigenvalue weighted by Crippen LogP contribution is 2.17. The molecule has 0 fully saturated rings. The van der Waals surface area contributed by atoms with Crippen LogP contribution in [0.15, 0.2) is 36.8 Å². The fraction of sp³-hybridized carbons (Fsp3) is 0.0769. The van der Waals surface area contributed by atoms with Crippen LogP contribution in [0.1, 0.15) is 16.2 Å². The third kappa shape index (κ3) is 2.28. The van der Waals surface area contributed by atoms with Crippen LogP contribution in [0.3, 0.4) is 0 Å². The summed E-state index contributed by atoms with van der Waals surface area (Å²) in [5.41, 5.74) is 2.68. The van der Waals surface area contributed by atoms with E-state index in [4.69, 9.17) is 0 Å². The Bertz CT molecular complexity index is 732. The molecule has 0 bridgehead atoms. The number of nitrogens with one attached hydrogen (secondary N) is 2. The summed E-state index contributed by atoms with van der Waals surface area (Å²) >= 11 is 0. The summed E-state index contributed by atoms with van der Waals surface area (Å²) in [5.74, 6) is -0.282. The van der Waals surface area contributed by atoms with Gasteiger partial charge in [0.25, 0.3) is 5.91 Å². The highest BCUT2D eigenvalue weighted by atomic mass is 16.1. The van der Waals surface area contributed by atoms with Crippen molar-refractivity contribution in [1.29, 1.82) is 0 Å². The number of amides is 1. The van der Waals surface area contributed by atoms with E-state index in [2.05, 4.69) is 25.5 Å². The number of hydrogen-bond donors (Lipinski definition) is 2. The Morgan fingerprint density at radius 3 is 2.89 bits per heavy atom. The van der Waals surface area contributed by atoms with Crippen LogP contribution in [0.2, 0.25) is 0 Å². The molecule has 1 aromatic carbocycles. The standard InChI is InChI=1S/C13H11N5O/c1-8-5-15-12(7-14-8)13(19)17-10-2-3-11-9(4-10)6-16-18-11/h2-7H,1H3,(H,16,18)(H,17,19). The second kappa shape index (κ2) is 4.49. The first-order valence-corrected chi connectivity index (χ1v) is 5.75. The number of nitrogens with zero attached hydrogens (tertiary/aromatic N) is 3. The molecule has 0 spiro atoms. The number of fused-ring (bicyclic) bond motifs is 1. The van der Waals surface area contributed by atoms with Gasteiger partial charge in [0.05, 0.1) is 23.6 Å². The van der Waals surface area contributed by atoms with E-state index in [1.807, 2.05) is 19.1 Å². The lowest BCUT2D eigenvalue weighted by Gasteiger charge is -2.04. The molecule has 19 heavy (non-hydrogen) atoms. The molecule has 0 unspecified atom stereocenters. The minimum atomic E-state index is -0.282. The minimum Gasteiger partial charge on any atom is -0.321 e. The third-order valence-corrected chi connectivity index (χ3v) is 2.71. The van der Waals surface area contributed by atoms with E-state index in [1.54, 1.807) is 18.5 Å². The smallest absolute Gasteiger partial charge is 0.275 e. The van der Waals surface area contributed by atoms with Crippen LogP contribution in [-0.4, -0.2) is 26.1 Å². The van der Waals surface area contributed by atoms with Gasteiger partial charge in [0.2, 0.25) is 0 Å². The Labute approximate surface area is 108 Å². The number of carbonyl (C=O) groups is 1. The molecular formula is C13H11N5O. The molecule has 2 heterocycles. The van der Waals surface area contributed by atoms with Crippen molar-refractivity contribution in [3.63, 3.8) is 0 Å². The fourth-order valence-corrected chi connectivity index (χ4v) is 1.73. The fourth-order valence-electron chi connectivity index (χ4n) is 1.73. The molecule has 0 saturated heterocycles. The van der Waals surface area contributed by atoms with Gasteiger partial charge in [-0.2, -0.15) is 5.10 Å². The number of rotatable bonds is 2. The quantitative estimate of drug-likeness (QED) is 0.730. The molecule has 2 aromatic heterocycles. The summed E-state index contributed by atoms with van der Waals surface area (Å²) in [7, 11) is 0. The lowest BCUT2D eigenvalue weighted by molar-refractivity contribution is 0.102. The van der Waals surface area contributed by atoms with E-state index in [0.29, 0.717) is 5.69 Å². The molecule has 0 aliphatic carbocycles. The Kier molecular flexibility index (Phi) is 2.68. The molecule has 0 saturated carbocycles. The number of H-pyrrole nitrogens is 1. The zero-order valence-electron chi connectivity index (χ0n) is 10.2. The second-order valence-corrected chi connectivity index (χ2v) is 4.17. The Morgan fingerprint density at radius 1 is 1.21 bits per heavy atom. The number of anilines is 1.